The Labute approximate surface area is 218 Å². The highest BCUT2D eigenvalue weighted by Crippen LogP contribution is 2.38. The summed E-state index contributed by atoms with van der Waals surface area (Å²) >= 11 is 1.15. The number of thiophene rings is 1. The number of rotatable bonds is 5. The van der Waals surface area contributed by atoms with E-state index in [0.29, 0.717) is 48.2 Å². The average Bonchev–Trinajstić information content (AvgIpc) is 3.56. The molecule has 0 bridgehead atoms. The molecule has 0 aliphatic carbocycles. The van der Waals surface area contributed by atoms with Crippen LogP contribution in [0.3, 0.4) is 0 Å². The van der Waals surface area contributed by atoms with E-state index in [-0.39, 0.29) is 30.4 Å². The summed E-state index contributed by atoms with van der Waals surface area (Å²) in [5.74, 6) is 1.17. The predicted octanol–water partition coefficient (Wildman–Crippen LogP) is 1.34. The van der Waals surface area contributed by atoms with Crippen molar-refractivity contribution in [3.05, 3.63) is 30.5 Å². The molecule has 6 rings (SSSR count). The van der Waals surface area contributed by atoms with Crippen LogP contribution in [0.2, 0.25) is 0 Å². The van der Waals surface area contributed by atoms with Crippen LogP contribution < -0.4 is 4.90 Å². The van der Waals surface area contributed by atoms with Crippen LogP contribution in [0.1, 0.15) is 0 Å². The van der Waals surface area contributed by atoms with Crippen molar-refractivity contribution in [3.8, 4) is 11.4 Å². The van der Waals surface area contributed by atoms with Gasteiger partial charge in [0.2, 0.25) is 10.0 Å². The molecule has 1 N–H and O–H groups in total. The Balaban J connectivity index is 1.43. The number of fused-ring (bicyclic) bond motifs is 2. The molecule has 0 atom stereocenters. The third-order valence-electron chi connectivity index (χ3n) is 6.63. The molecule has 0 unspecified atom stereocenters. The monoisotopic (exact) mass is 563 g/mol. The second kappa shape index (κ2) is 9.25. The number of nitrogens with zero attached hydrogens (tertiary/aromatic N) is 6. The van der Waals surface area contributed by atoms with Crippen molar-refractivity contribution in [1.82, 2.24) is 28.8 Å². The minimum Gasteiger partial charge on any atom is -0.378 e. The van der Waals surface area contributed by atoms with Gasteiger partial charge in [-0.25, -0.2) is 26.8 Å². The van der Waals surface area contributed by atoms with E-state index in [1.54, 1.807) is 12.3 Å². The second-order valence-corrected chi connectivity index (χ2v) is 14.2. The Hall–Kier alpha value is -2.69. The highest BCUT2D eigenvalue weighted by Gasteiger charge is 2.33. The van der Waals surface area contributed by atoms with Crippen LogP contribution in [-0.4, -0.2) is 104 Å². The number of piperazine rings is 1. The van der Waals surface area contributed by atoms with E-state index in [1.165, 1.54) is 8.61 Å². The van der Waals surface area contributed by atoms with E-state index in [0.717, 1.165) is 34.1 Å². The van der Waals surface area contributed by atoms with Crippen molar-refractivity contribution < 1.29 is 21.6 Å². The van der Waals surface area contributed by atoms with Gasteiger partial charge in [-0.3, -0.25) is 5.10 Å². The van der Waals surface area contributed by atoms with Gasteiger partial charge in [0.15, 0.2) is 11.6 Å². The van der Waals surface area contributed by atoms with Crippen molar-refractivity contribution in [2.75, 3.05) is 63.6 Å². The summed E-state index contributed by atoms with van der Waals surface area (Å²) in [5, 5.41) is 7.98. The van der Waals surface area contributed by atoms with Crippen LogP contribution in [0.4, 0.5) is 5.82 Å². The molecule has 5 heterocycles. The fraction of sp³-hybridized carbons (Fsp3) is 0.409. The van der Waals surface area contributed by atoms with Crippen LogP contribution in [0, 0.1) is 0 Å². The molecule has 1 aromatic carbocycles. The number of benzene rings is 1. The molecule has 0 amide bonds. The summed E-state index contributed by atoms with van der Waals surface area (Å²) in [4.78, 5) is 11.8. The number of H-pyrrole nitrogens is 1. The largest absolute Gasteiger partial charge is 0.378 e. The van der Waals surface area contributed by atoms with Gasteiger partial charge in [-0.15, -0.1) is 11.3 Å². The molecule has 4 aromatic rings. The lowest BCUT2D eigenvalue weighted by Gasteiger charge is -2.32. The van der Waals surface area contributed by atoms with Gasteiger partial charge in [-0.1, -0.05) is 12.1 Å². The van der Waals surface area contributed by atoms with Gasteiger partial charge in [-0.05, 0) is 12.1 Å². The van der Waals surface area contributed by atoms with Gasteiger partial charge in [0.1, 0.15) is 4.21 Å². The Kier molecular flexibility index (Phi) is 6.16. The van der Waals surface area contributed by atoms with E-state index in [1.807, 2.05) is 18.2 Å². The molecule has 12 nitrogen and oxygen atoms in total. The smallest absolute Gasteiger partial charge is 0.252 e. The zero-order chi connectivity index (χ0) is 25.8. The summed E-state index contributed by atoms with van der Waals surface area (Å²) < 4.78 is 59.9. The van der Waals surface area contributed by atoms with E-state index < -0.39 is 20.0 Å². The first-order chi connectivity index (χ1) is 17.7. The number of hydrogen-bond acceptors (Lipinski definition) is 10. The maximum Gasteiger partial charge on any atom is 0.252 e. The summed E-state index contributed by atoms with van der Waals surface area (Å²) in [6.45, 7) is 2.82. The number of nitrogens with one attached hydrogen (secondary N) is 1. The number of morpholine rings is 1. The van der Waals surface area contributed by atoms with E-state index in [2.05, 4.69) is 15.1 Å². The Bertz CT molecular complexity index is 1690. The number of aromatic amines is 1. The standard InChI is InChI=1S/C22H25N7O5S3/c1-36(30,31)28-5-7-29(8-6-28)37(32,33)19-13-18-20(35-19)22(27-9-11-34-12-10-27)25-21(24-18)15-3-2-4-17-16(15)14-23-26-17/h2-4,13-14H,5-12H2,1H3,(H,23,26). The maximum atomic E-state index is 13.6. The number of hydrogen-bond donors (Lipinski definition) is 1. The molecule has 3 aromatic heterocycles. The van der Waals surface area contributed by atoms with Crippen LogP contribution in [0.5, 0.6) is 0 Å². The molecular formula is C22H25N7O5S3. The minimum atomic E-state index is -3.84. The van der Waals surface area contributed by atoms with Crippen LogP contribution in [0.25, 0.3) is 32.5 Å². The van der Waals surface area contributed by atoms with E-state index in [4.69, 9.17) is 14.7 Å². The van der Waals surface area contributed by atoms with Crippen LogP contribution >= 0.6 is 11.3 Å². The fourth-order valence-corrected chi connectivity index (χ4v) is 8.48. The lowest BCUT2D eigenvalue weighted by atomic mass is 10.1. The van der Waals surface area contributed by atoms with Gasteiger partial charge in [0.25, 0.3) is 10.0 Å². The molecule has 2 aliphatic rings. The van der Waals surface area contributed by atoms with Gasteiger partial charge >= 0.3 is 0 Å². The topological polar surface area (TPSA) is 142 Å². The molecule has 0 radical (unpaired) electrons. The number of sulfonamides is 2. The molecule has 2 aliphatic heterocycles. The highest BCUT2D eigenvalue weighted by molar-refractivity contribution is 7.91. The number of anilines is 1. The van der Waals surface area contributed by atoms with Crippen molar-refractivity contribution in [2.45, 2.75) is 4.21 Å². The Morgan fingerprint density at radius 1 is 0.973 bits per heavy atom. The summed E-state index contributed by atoms with van der Waals surface area (Å²) in [6.07, 6.45) is 2.86. The minimum absolute atomic E-state index is 0.0966. The second-order valence-electron chi connectivity index (χ2n) is 8.95. The lowest BCUT2D eigenvalue weighted by Crippen LogP contribution is -2.50. The Morgan fingerprint density at radius 2 is 1.70 bits per heavy atom. The van der Waals surface area contributed by atoms with Crippen molar-refractivity contribution in [2.24, 2.45) is 0 Å². The van der Waals surface area contributed by atoms with E-state index in [9.17, 15) is 16.8 Å². The molecule has 0 saturated carbocycles. The summed E-state index contributed by atoms with van der Waals surface area (Å²) in [7, 11) is -7.21. The third kappa shape index (κ3) is 4.49. The van der Waals surface area contributed by atoms with Crippen molar-refractivity contribution in [3.63, 3.8) is 0 Å². The molecule has 15 heteroatoms. The molecular weight excluding hydrogens is 538 g/mol. The quantitative estimate of drug-likeness (QED) is 0.381. The molecule has 2 fully saturated rings. The normalized spacial score (nSPS) is 18.7. The summed E-state index contributed by atoms with van der Waals surface area (Å²) in [5.41, 5.74) is 2.21. The fourth-order valence-electron chi connectivity index (χ4n) is 4.66. The SMILES string of the molecule is CS(=O)(=O)N1CCN(S(=O)(=O)c2cc3nc(-c4cccc5[nH]ncc45)nc(N4CCOCC4)c3s2)CC1. The predicted molar refractivity (Wildman–Crippen MR) is 141 cm³/mol. The Morgan fingerprint density at radius 3 is 2.43 bits per heavy atom. The van der Waals surface area contributed by atoms with E-state index >= 15 is 0 Å². The van der Waals surface area contributed by atoms with Gasteiger partial charge < -0.3 is 9.64 Å². The van der Waals surface area contributed by atoms with Gasteiger partial charge in [0, 0.05) is 50.2 Å². The van der Waals surface area contributed by atoms with Gasteiger partial charge in [-0.2, -0.15) is 13.7 Å². The molecule has 37 heavy (non-hydrogen) atoms. The van der Waals surface area contributed by atoms with Crippen LogP contribution in [0.15, 0.2) is 34.7 Å². The van der Waals surface area contributed by atoms with Gasteiger partial charge in [0.05, 0.1) is 41.4 Å². The van der Waals surface area contributed by atoms with Crippen molar-refractivity contribution >= 4 is 58.3 Å². The zero-order valence-electron chi connectivity index (χ0n) is 20.0. The lowest BCUT2D eigenvalue weighted by molar-refractivity contribution is 0.122. The molecule has 0 spiro atoms. The first-order valence-corrected chi connectivity index (χ1v) is 15.8. The highest BCUT2D eigenvalue weighted by atomic mass is 32.2. The summed E-state index contributed by atoms with van der Waals surface area (Å²) in [6, 6.07) is 7.35. The third-order valence-corrected chi connectivity index (χ3v) is 11.4. The average molecular weight is 564 g/mol. The molecule has 196 valence electrons. The molecule has 2 saturated heterocycles. The first-order valence-electron chi connectivity index (χ1n) is 11.7. The zero-order valence-corrected chi connectivity index (χ0v) is 22.4. The number of aromatic nitrogens is 4. The van der Waals surface area contributed by atoms with Crippen LogP contribution in [-0.2, 0) is 24.8 Å². The number of ether oxygens (including phenoxy) is 1. The first kappa shape index (κ1) is 24.6. The maximum absolute atomic E-state index is 13.6. The van der Waals surface area contributed by atoms with Crippen molar-refractivity contribution in [1.29, 1.82) is 0 Å².